The Labute approximate surface area is 283 Å². The molecule has 6 aromatic carbocycles. The predicted molar refractivity (Wildman–Crippen MR) is 195 cm³/mol. The molecule has 0 aromatic heterocycles. The smallest absolute Gasteiger partial charge is 0.359 e. The second-order valence-electron chi connectivity index (χ2n) is 11.8. The highest BCUT2D eigenvalue weighted by Gasteiger charge is 2.43. The Bertz CT molecular complexity index is 1650. The lowest BCUT2D eigenvalue weighted by Gasteiger charge is -2.34. The number of hydrogen-bond donors (Lipinski definition) is 3. The molecular weight excluding hydrogens is 593 g/mol. The molecule has 4 unspecified atom stereocenters. The molecule has 5 nitrogen and oxygen atoms in total. The third-order valence-electron chi connectivity index (χ3n) is 8.57. The van der Waals surface area contributed by atoms with E-state index >= 15 is 0 Å². The quantitative estimate of drug-likeness (QED) is 0.131. The van der Waals surface area contributed by atoms with Gasteiger partial charge in [0.15, 0.2) is 0 Å². The summed E-state index contributed by atoms with van der Waals surface area (Å²) in [7, 11) is 0. The van der Waals surface area contributed by atoms with Gasteiger partial charge in [0.05, 0.1) is 24.0 Å². The fraction of sp³-hybridized carbons (Fsp3) is 0.100. The molecule has 6 aromatic rings. The zero-order valence-corrected chi connectivity index (χ0v) is 26.5. The van der Waals surface area contributed by atoms with Crippen LogP contribution in [-0.2, 0) is 9.47 Å². The second-order valence-corrected chi connectivity index (χ2v) is 11.8. The molecule has 0 amide bonds. The Morgan fingerprint density at radius 1 is 0.312 bits per heavy atom. The van der Waals surface area contributed by atoms with Crippen molar-refractivity contribution >= 4 is 31.7 Å². The van der Waals surface area contributed by atoms with E-state index in [2.05, 4.69) is 0 Å². The molecule has 236 valence electrons. The summed E-state index contributed by atoms with van der Waals surface area (Å²) in [6, 6.07) is 53.4. The summed E-state index contributed by atoms with van der Waals surface area (Å²) >= 11 is 0. The van der Waals surface area contributed by atoms with Crippen LogP contribution in [0.25, 0.3) is 0 Å². The molecule has 48 heavy (non-hydrogen) atoms. The summed E-state index contributed by atoms with van der Waals surface area (Å²) < 4.78 is 13.8. The van der Waals surface area contributed by atoms with Crippen molar-refractivity contribution in [2.45, 2.75) is 24.0 Å². The first-order valence-corrected chi connectivity index (χ1v) is 16.2. The molecule has 0 aliphatic rings. The number of hydrogen-bond acceptors (Lipinski definition) is 5. The van der Waals surface area contributed by atoms with Crippen LogP contribution in [0.4, 0.5) is 0 Å². The normalized spacial score (nSPS) is 13.6. The van der Waals surface area contributed by atoms with Gasteiger partial charge in [-0.3, -0.25) is 0 Å². The van der Waals surface area contributed by atoms with Gasteiger partial charge in [0.25, 0.3) is 0 Å². The van der Waals surface area contributed by atoms with Crippen molar-refractivity contribution in [3.63, 3.8) is 0 Å². The van der Waals surface area contributed by atoms with Crippen molar-refractivity contribution < 1.29 is 24.5 Å². The van der Waals surface area contributed by atoms with E-state index in [0.29, 0.717) is 10.9 Å². The van der Waals surface area contributed by atoms with Crippen LogP contribution in [0.5, 0.6) is 0 Å². The van der Waals surface area contributed by atoms with Crippen LogP contribution < -0.4 is 10.9 Å². The van der Waals surface area contributed by atoms with Crippen molar-refractivity contribution in [3.8, 4) is 0 Å². The Balaban J connectivity index is 1.43. The van der Waals surface area contributed by atoms with Crippen molar-refractivity contribution in [3.05, 3.63) is 204 Å². The lowest BCUT2D eigenvalue weighted by molar-refractivity contribution is 0.0240. The summed E-state index contributed by atoms with van der Waals surface area (Å²) in [5.41, 5.74) is 4.35. The molecule has 0 saturated heterocycles. The molecule has 4 atom stereocenters. The van der Waals surface area contributed by atoms with Gasteiger partial charge >= 0.3 is 20.7 Å². The van der Waals surface area contributed by atoms with Crippen LogP contribution in [0, 0.1) is 0 Å². The monoisotopic (exact) mass is 630 g/mol. The third kappa shape index (κ3) is 8.05. The van der Waals surface area contributed by atoms with Crippen LogP contribution >= 0.6 is 0 Å². The average Bonchev–Trinajstić information content (AvgIpc) is 3.17. The largest absolute Gasteiger partial charge is 0.446 e. The Kier molecular flexibility index (Phi) is 11.4. The molecule has 0 radical (unpaired) electrons. The van der Waals surface area contributed by atoms with E-state index in [9.17, 15) is 15.1 Å². The highest BCUT2D eigenvalue weighted by atomic mass is 16.5. The Hall–Kier alpha value is -4.69. The highest BCUT2D eigenvalue weighted by Crippen LogP contribution is 2.37. The van der Waals surface area contributed by atoms with E-state index in [1.54, 1.807) is 0 Å². The molecule has 8 heteroatoms. The fourth-order valence-electron chi connectivity index (χ4n) is 6.08. The SMILES string of the molecule is OB(c1ccccc1)C(OC(B(O)C(OC(B(O)c1ccccc1)c1ccccc1)c1ccccc1)c1ccccc1)c1ccccc1. The molecule has 0 aliphatic heterocycles. The van der Waals surface area contributed by atoms with Gasteiger partial charge in [0.1, 0.15) is 0 Å². The van der Waals surface area contributed by atoms with Crippen molar-refractivity contribution in [1.82, 2.24) is 0 Å². The molecule has 0 fully saturated rings. The van der Waals surface area contributed by atoms with E-state index in [-0.39, 0.29) is 0 Å². The summed E-state index contributed by atoms with van der Waals surface area (Å²) in [4.78, 5) is 0. The average molecular weight is 630 g/mol. The van der Waals surface area contributed by atoms with Gasteiger partial charge in [-0.05, 0) is 33.2 Å². The van der Waals surface area contributed by atoms with Gasteiger partial charge in [0, 0.05) is 0 Å². The minimum absolute atomic E-state index is 0.693. The van der Waals surface area contributed by atoms with Crippen molar-refractivity contribution in [1.29, 1.82) is 0 Å². The summed E-state index contributed by atoms with van der Waals surface area (Å²) in [5.74, 6) is 0. The van der Waals surface area contributed by atoms with Crippen LogP contribution in [0.1, 0.15) is 46.3 Å². The minimum atomic E-state index is -1.27. The van der Waals surface area contributed by atoms with Gasteiger partial charge in [-0.1, -0.05) is 182 Å². The number of benzene rings is 6. The van der Waals surface area contributed by atoms with E-state index in [0.717, 1.165) is 22.3 Å². The van der Waals surface area contributed by atoms with Crippen LogP contribution in [0.2, 0.25) is 0 Å². The number of rotatable bonds is 14. The zero-order chi connectivity index (χ0) is 33.1. The van der Waals surface area contributed by atoms with Crippen molar-refractivity contribution in [2.24, 2.45) is 0 Å². The molecule has 0 aliphatic carbocycles. The Morgan fingerprint density at radius 2 is 0.542 bits per heavy atom. The van der Waals surface area contributed by atoms with E-state index in [4.69, 9.17) is 9.47 Å². The van der Waals surface area contributed by atoms with Gasteiger partial charge in [-0.25, -0.2) is 0 Å². The molecule has 0 heterocycles. The molecule has 6 rings (SSSR count). The lowest BCUT2D eigenvalue weighted by atomic mass is 9.50. The van der Waals surface area contributed by atoms with Gasteiger partial charge in [-0.2, -0.15) is 0 Å². The van der Waals surface area contributed by atoms with Crippen molar-refractivity contribution in [2.75, 3.05) is 0 Å². The minimum Gasteiger partial charge on any atom is -0.446 e. The first kappa shape index (κ1) is 33.2. The summed E-state index contributed by atoms with van der Waals surface area (Å²) in [6.45, 7) is -3.32. The summed E-state index contributed by atoms with van der Waals surface area (Å²) in [5, 5.41) is 36.1. The van der Waals surface area contributed by atoms with E-state index in [1.807, 2.05) is 182 Å². The first-order valence-electron chi connectivity index (χ1n) is 16.2. The zero-order valence-electron chi connectivity index (χ0n) is 26.5. The standard InChI is InChI=1S/C40H37B3O5/c44-41(35-27-15-5-16-28-35)37(31-19-7-1-8-20-31)47-39(33-23-11-3-12-24-33)43(46)40(34-25-13-4-14-26-34)48-38(32-21-9-2-10-22-32)42(45)36-29-17-6-18-30-36/h1-30,37-40,44-46H. The maximum Gasteiger partial charge on any atom is 0.359 e. The number of ether oxygens (including phenoxy) is 2. The predicted octanol–water partition coefficient (Wildman–Crippen LogP) is 5.91. The maximum absolute atomic E-state index is 12.6. The lowest BCUT2D eigenvalue weighted by Crippen LogP contribution is -2.44. The second kappa shape index (κ2) is 16.4. The first-order chi connectivity index (χ1) is 23.6. The maximum atomic E-state index is 12.6. The molecule has 0 spiro atoms. The molecule has 3 N–H and O–H groups in total. The third-order valence-corrected chi connectivity index (χ3v) is 8.57. The fourth-order valence-corrected chi connectivity index (χ4v) is 6.08. The Morgan fingerprint density at radius 3 is 0.812 bits per heavy atom. The van der Waals surface area contributed by atoms with E-state index < -0.39 is 44.8 Å². The molecule has 0 saturated carbocycles. The van der Waals surface area contributed by atoms with Gasteiger partial charge < -0.3 is 24.5 Å². The molecular formula is C40H37B3O5. The topological polar surface area (TPSA) is 79.2 Å². The van der Waals surface area contributed by atoms with Crippen LogP contribution in [-0.4, -0.2) is 35.8 Å². The highest BCUT2D eigenvalue weighted by molar-refractivity contribution is 6.67. The van der Waals surface area contributed by atoms with Crippen LogP contribution in [0.15, 0.2) is 182 Å². The summed E-state index contributed by atoms with van der Waals surface area (Å²) in [6.07, 6.45) is 0. The van der Waals surface area contributed by atoms with E-state index in [1.165, 1.54) is 0 Å². The van der Waals surface area contributed by atoms with Crippen LogP contribution in [0.3, 0.4) is 0 Å². The van der Waals surface area contributed by atoms with Gasteiger partial charge in [0.2, 0.25) is 0 Å². The molecule has 0 bridgehead atoms. The van der Waals surface area contributed by atoms with Gasteiger partial charge in [-0.15, -0.1) is 0 Å².